The van der Waals surface area contributed by atoms with Crippen LogP contribution >= 0.6 is 0 Å². The summed E-state index contributed by atoms with van der Waals surface area (Å²) in [7, 11) is -9.18. The zero-order chi connectivity index (χ0) is 33.8. The molecule has 244 valence electrons. The van der Waals surface area contributed by atoms with Crippen molar-refractivity contribution in [1.82, 2.24) is 14.7 Å². The molecule has 0 aliphatic carbocycles. The van der Waals surface area contributed by atoms with Gasteiger partial charge in [-0.2, -0.15) is 3.71 Å². The molecule has 0 aliphatic heterocycles. The average Bonchev–Trinajstić information content (AvgIpc) is 3.06. The van der Waals surface area contributed by atoms with E-state index >= 15 is 0 Å². The number of hydrogen-bond donors (Lipinski definition) is 2. The fourth-order valence-electron chi connectivity index (χ4n) is 4.84. The van der Waals surface area contributed by atoms with Crippen LogP contribution in [0.1, 0.15) is 41.4 Å². The first-order valence-corrected chi connectivity index (χ1v) is 17.4. The van der Waals surface area contributed by atoms with Crippen LogP contribution in [-0.2, 0) is 26.6 Å². The largest absolute Gasteiger partial charge is 0.477 e. The number of benzene rings is 3. The van der Waals surface area contributed by atoms with Crippen LogP contribution in [0.5, 0.6) is 0 Å². The summed E-state index contributed by atoms with van der Waals surface area (Å²) in [6, 6.07) is 20.1. The predicted octanol–water partition coefficient (Wildman–Crippen LogP) is 4.22. The lowest BCUT2D eigenvalue weighted by molar-refractivity contribution is 0.0682. The Labute approximate surface area is 271 Å². The smallest absolute Gasteiger partial charge is 0.343 e. The Morgan fingerprint density at radius 2 is 1.47 bits per heavy atom. The number of hydrogen-bond acceptors (Lipinski definition) is 10. The molecular formula is C32H31N5O8S2. The van der Waals surface area contributed by atoms with Crippen molar-refractivity contribution >= 4 is 48.4 Å². The molecule has 0 radical (unpaired) electrons. The number of rotatable bonds is 13. The summed E-state index contributed by atoms with van der Waals surface area (Å²) in [6.45, 7) is 3.73. The molecule has 0 saturated carbocycles. The monoisotopic (exact) mass is 677 g/mol. The van der Waals surface area contributed by atoms with E-state index in [0.717, 1.165) is 11.2 Å². The van der Waals surface area contributed by atoms with Crippen LogP contribution in [0.2, 0.25) is 0 Å². The van der Waals surface area contributed by atoms with E-state index in [1.165, 1.54) is 79.1 Å². The molecule has 5 rings (SSSR count). The lowest BCUT2D eigenvalue weighted by Crippen LogP contribution is -2.37. The van der Waals surface area contributed by atoms with Crippen molar-refractivity contribution in [3.8, 4) is 0 Å². The first-order valence-electron chi connectivity index (χ1n) is 14.5. The first kappa shape index (κ1) is 33.1. The van der Waals surface area contributed by atoms with Crippen molar-refractivity contribution in [3.05, 3.63) is 118 Å². The summed E-state index contributed by atoms with van der Waals surface area (Å²) in [4.78, 5) is 39.3. The number of nitrogens with zero attached hydrogens (tertiary/aromatic N) is 4. The van der Waals surface area contributed by atoms with Gasteiger partial charge in [-0.1, -0.05) is 61.9 Å². The quantitative estimate of drug-likeness (QED) is 0.171. The highest BCUT2D eigenvalue weighted by Crippen LogP contribution is 2.32. The molecule has 0 aliphatic rings. The van der Waals surface area contributed by atoms with Crippen LogP contribution in [-0.4, -0.2) is 49.2 Å². The molecule has 0 spiro atoms. The molecule has 0 fully saturated rings. The van der Waals surface area contributed by atoms with E-state index in [4.69, 9.17) is 4.84 Å². The number of fused-ring (bicyclic) bond motifs is 1. The standard InChI is InChI=1S/C32H31N5O8S2/c1-3-4-19-45-36-30-27(22(2)34-21-35-30)29(28(31(36)38)32(39)40)33-20-23-15-17-24(18-16-23)37(46(41,42)25-11-7-5-8-12-25)47(43,44)26-13-9-6-10-14-26/h5-18,21,33H,3-4,19-20H2,1-2H3,(H,39,40). The van der Waals surface area contributed by atoms with Crippen molar-refractivity contribution in [3.63, 3.8) is 0 Å². The van der Waals surface area contributed by atoms with E-state index in [0.29, 0.717) is 21.4 Å². The summed E-state index contributed by atoms with van der Waals surface area (Å²) >= 11 is 0. The van der Waals surface area contributed by atoms with Gasteiger partial charge in [0.05, 0.1) is 32.2 Å². The van der Waals surface area contributed by atoms with Crippen LogP contribution in [0.15, 0.2) is 106 Å². The van der Waals surface area contributed by atoms with Gasteiger partial charge in [0.1, 0.15) is 12.9 Å². The molecule has 3 aromatic carbocycles. The van der Waals surface area contributed by atoms with Gasteiger partial charge < -0.3 is 15.3 Å². The number of nitrogens with one attached hydrogen (secondary N) is 1. The second-order valence-electron chi connectivity index (χ2n) is 10.4. The van der Waals surface area contributed by atoms with Crippen molar-refractivity contribution < 1.29 is 31.6 Å². The van der Waals surface area contributed by atoms with Gasteiger partial charge in [0, 0.05) is 6.54 Å². The van der Waals surface area contributed by atoms with Gasteiger partial charge in [0.15, 0.2) is 11.2 Å². The van der Waals surface area contributed by atoms with Gasteiger partial charge in [-0.05, 0) is 55.3 Å². The Kier molecular flexibility index (Phi) is 9.58. The first-order chi connectivity index (χ1) is 22.5. The molecule has 2 heterocycles. The molecule has 15 heteroatoms. The number of aryl methyl sites for hydroxylation is 1. The lowest BCUT2D eigenvalue weighted by atomic mass is 10.1. The third-order valence-electron chi connectivity index (χ3n) is 7.17. The maximum Gasteiger partial charge on any atom is 0.343 e. The van der Waals surface area contributed by atoms with Crippen LogP contribution in [0, 0.1) is 6.92 Å². The molecular weight excluding hydrogens is 647 g/mol. The van der Waals surface area contributed by atoms with E-state index in [1.807, 2.05) is 6.92 Å². The second-order valence-corrected chi connectivity index (χ2v) is 14.2. The number of aromatic carboxylic acids is 1. The fourth-order valence-corrected chi connectivity index (χ4v) is 8.58. The van der Waals surface area contributed by atoms with E-state index in [9.17, 15) is 31.5 Å². The molecule has 5 aromatic rings. The Hall–Kier alpha value is -5.28. The van der Waals surface area contributed by atoms with Crippen molar-refractivity contribution in [2.24, 2.45) is 0 Å². The number of aromatic nitrogens is 3. The number of unbranched alkanes of at least 4 members (excludes halogenated alkanes) is 1. The van der Waals surface area contributed by atoms with Crippen molar-refractivity contribution in [1.29, 1.82) is 0 Å². The highest BCUT2D eigenvalue weighted by molar-refractivity contribution is 8.10. The molecule has 0 atom stereocenters. The third-order valence-corrected chi connectivity index (χ3v) is 11.4. The minimum atomic E-state index is -4.59. The number of carbonyl (C=O) groups is 1. The molecule has 0 saturated heterocycles. The van der Waals surface area contributed by atoms with E-state index < -0.39 is 37.1 Å². The number of carboxylic acid groups (broad SMARTS) is 1. The zero-order valence-electron chi connectivity index (χ0n) is 25.4. The molecule has 2 N–H and O–H groups in total. The van der Waals surface area contributed by atoms with Gasteiger partial charge in [-0.25, -0.2) is 31.6 Å². The SMILES string of the molecule is CCCCOn1c(=O)c(C(=O)O)c(NCc2ccc(N(S(=O)(=O)c3ccccc3)S(=O)(=O)c3ccccc3)cc2)c2c(C)ncnc21. The molecule has 47 heavy (non-hydrogen) atoms. The lowest BCUT2D eigenvalue weighted by Gasteiger charge is -2.24. The molecule has 13 nitrogen and oxygen atoms in total. The highest BCUT2D eigenvalue weighted by Gasteiger charge is 2.37. The highest BCUT2D eigenvalue weighted by atomic mass is 32.3. The van der Waals surface area contributed by atoms with Crippen LogP contribution in [0.3, 0.4) is 0 Å². The Balaban J connectivity index is 1.54. The Morgan fingerprint density at radius 1 is 0.894 bits per heavy atom. The van der Waals surface area contributed by atoms with E-state index in [1.54, 1.807) is 19.1 Å². The van der Waals surface area contributed by atoms with Gasteiger partial charge in [0.2, 0.25) is 0 Å². The van der Waals surface area contributed by atoms with Crippen LogP contribution in [0.25, 0.3) is 11.0 Å². The normalized spacial score (nSPS) is 11.7. The maximum absolute atomic E-state index is 13.8. The second kappa shape index (κ2) is 13.6. The summed E-state index contributed by atoms with van der Waals surface area (Å²) in [5, 5.41) is 13.3. The van der Waals surface area contributed by atoms with Crippen LogP contribution in [0.4, 0.5) is 11.4 Å². The van der Waals surface area contributed by atoms with Gasteiger partial charge >= 0.3 is 11.5 Å². The molecule has 2 aromatic heterocycles. The Morgan fingerprint density at radius 3 is 2.00 bits per heavy atom. The summed E-state index contributed by atoms with van der Waals surface area (Å²) in [5.41, 5.74) is -0.637. The van der Waals surface area contributed by atoms with Crippen molar-refractivity contribution in [2.45, 2.75) is 43.0 Å². The Bertz CT molecular complexity index is 2120. The number of sulfonamides is 2. The summed E-state index contributed by atoms with van der Waals surface area (Å²) in [6.07, 6.45) is 2.67. The number of carboxylic acids is 1. The summed E-state index contributed by atoms with van der Waals surface area (Å²) < 4.78 is 56.4. The maximum atomic E-state index is 13.8. The van der Waals surface area contributed by atoms with Crippen molar-refractivity contribution in [2.75, 3.05) is 15.6 Å². The predicted molar refractivity (Wildman–Crippen MR) is 175 cm³/mol. The topological polar surface area (TPSA) is 178 Å². The van der Waals surface area contributed by atoms with Crippen LogP contribution < -0.4 is 19.4 Å². The number of anilines is 2. The average molecular weight is 678 g/mol. The van der Waals surface area contributed by atoms with Gasteiger partial charge in [0.25, 0.3) is 20.0 Å². The van der Waals surface area contributed by atoms with Gasteiger partial charge in [-0.15, -0.1) is 4.73 Å². The number of pyridine rings is 1. The minimum absolute atomic E-state index is 0.0186. The van der Waals surface area contributed by atoms with E-state index in [2.05, 4.69) is 15.3 Å². The molecule has 0 unspecified atom stereocenters. The fraction of sp³-hybridized carbons (Fsp3) is 0.188. The summed E-state index contributed by atoms with van der Waals surface area (Å²) in [5.74, 6) is -1.49. The zero-order valence-corrected chi connectivity index (χ0v) is 27.0. The molecule has 0 amide bonds. The van der Waals surface area contributed by atoms with E-state index in [-0.39, 0.29) is 45.4 Å². The van der Waals surface area contributed by atoms with Gasteiger partial charge in [-0.3, -0.25) is 4.79 Å². The molecule has 0 bridgehead atoms. The minimum Gasteiger partial charge on any atom is -0.477 e. The third kappa shape index (κ3) is 6.53.